The molecule has 5 nitrogen and oxygen atoms in total. The Hall–Kier alpha value is -1.62. The summed E-state index contributed by atoms with van der Waals surface area (Å²) in [5, 5.41) is 6.93. The van der Waals surface area contributed by atoms with E-state index in [1.807, 2.05) is 0 Å². The van der Waals surface area contributed by atoms with Crippen molar-refractivity contribution < 1.29 is 4.52 Å². The largest absolute Gasteiger partial charge is 0.361 e. The van der Waals surface area contributed by atoms with Crippen LogP contribution in [0.5, 0.6) is 0 Å². The fourth-order valence-electron chi connectivity index (χ4n) is 0.938. The Morgan fingerprint density at radius 3 is 3.07 bits per heavy atom. The van der Waals surface area contributed by atoms with Gasteiger partial charge in [-0.3, -0.25) is 4.98 Å². The van der Waals surface area contributed by atoms with Crippen LogP contribution < -0.4 is 5.32 Å². The Morgan fingerprint density at radius 2 is 2.36 bits per heavy atom. The van der Waals surface area contributed by atoms with Gasteiger partial charge in [0, 0.05) is 6.07 Å². The number of aromatic nitrogens is 3. The minimum atomic E-state index is 0.354. The Bertz CT molecular complexity index is 403. The minimum Gasteiger partial charge on any atom is -0.361 e. The molecule has 0 radical (unpaired) electrons. The molecule has 2 rings (SSSR count). The van der Waals surface area contributed by atoms with Gasteiger partial charge in [0.05, 0.1) is 25.1 Å². The van der Waals surface area contributed by atoms with Gasteiger partial charge in [-0.2, -0.15) is 0 Å². The molecule has 2 heterocycles. The van der Waals surface area contributed by atoms with Crippen LogP contribution in [0.1, 0.15) is 5.76 Å². The Balaban J connectivity index is 1.98. The first-order valence-corrected chi connectivity index (χ1v) is 4.33. The summed E-state index contributed by atoms with van der Waals surface area (Å²) in [6.45, 7) is 0.509. The van der Waals surface area contributed by atoms with Crippen molar-refractivity contribution in [2.24, 2.45) is 0 Å². The van der Waals surface area contributed by atoms with E-state index in [2.05, 4.69) is 20.4 Å². The first-order valence-electron chi connectivity index (χ1n) is 3.95. The summed E-state index contributed by atoms with van der Waals surface area (Å²) in [5.41, 5.74) is 0. The van der Waals surface area contributed by atoms with E-state index in [9.17, 15) is 0 Å². The molecule has 0 aliphatic carbocycles. The number of halogens is 1. The maximum absolute atomic E-state index is 5.66. The Morgan fingerprint density at radius 1 is 1.43 bits per heavy atom. The second-order valence-electron chi connectivity index (χ2n) is 2.56. The van der Waals surface area contributed by atoms with E-state index >= 15 is 0 Å². The van der Waals surface area contributed by atoms with Gasteiger partial charge in [-0.25, -0.2) is 4.98 Å². The molecular formula is C8H7ClN4O. The van der Waals surface area contributed by atoms with Gasteiger partial charge < -0.3 is 9.84 Å². The third-order valence-electron chi connectivity index (χ3n) is 1.54. The molecule has 0 aliphatic heterocycles. The van der Waals surface area contributed by atoms with Gasteiger partial charge in [-0.1, -0.05) is 16.8 Å². The summed E-state index contributed by atoms with van der Waals surface area (Å²) < 4.78 is 4.89. The van der Waals surface area contributed by atoms with Crippen molar-refractivity contribution in [2.45, 2.75) is 6.54 Å². The highest BCUT2D eigenvalue weighted by molar-refractivity contribution is 6.29. The zero-order chi connectivity index (χ0) is 9.80. The highest BCUT2D eigenvalue weighted by atomic mass is 35.5. The van der Waals surface area contributed by atoms with Gasteiger partial charge in [-0.05, 0) is 0 Å². The summed E-state index contributed by atoms with van der Waals surface area (Å²) in [6, 6.07) is 1.77. The van der Waals surface area contributed by atoms with Crippen molar-refractivity contribution in [3.05, 3.63) is 35.6 Å². The van der Waals surface area contributed by atoms with E-state index in [0.717, 1.165) is 5.76 Å². The zero-order valence-corrected chi connectivity index (χ0v) is 7.90. The normalized spacial score (nSPS) is 10.1. The SMILES string of the molecule is Clc1cncc(NCc2ccno2)n1. The molecule has 2 aromatic heterocycles. The smallest absolute Gasteiger partial charge is 0.155 e. The molecule has 0 aromatic carbocycles. The fraction of sp³-hybridized carbons (Fsp3) is 0.125. The van der Waals surface area contributed by atoms with Crippen LogP contribution in [0.2, 0.25) is 5.15 Å². The number of hydrogen-bond acceptors (Lipinski definition) is 5. The van der Waals surface area contributed by atoms with Crippen molar-refractivity contribution in [2.75, 3.05) is 5.32 Å². The standard InChI is InChI=1S/C8H7ClN4O/c9-7-4-10-5-8(13-7)11-3-6-1-2-12-14-6/h1-2,4-5H,3H2,(H,11,13). The minimum absolute atomic E-state index is 0.354. The molecule has 0 atom stereocenters. The Kier molecular flexibility index (Phi) is 2.60. The van der Waals surface area contributed by atoms with Crippen molar-refractivity contribution >= 4 is 17.4 Å². The molecule has 72 valence electrons. The quantitative estimate of drug-likeness (QED) is 0.836. The molecule has 0 amide bonds. The summed E-state index contributed by atoms with van der Waals surface area (Å²) >= 11 is 5.66. The van der Waals surface area contributed by atoms with Gasteiger partial charge in [0.1, 0.15) is 11.0 Å². The molecule has 0 saturated heterocycles. The molecule has 0 aliphatic rings. The molecule has 0 saturated carbocycles. The van der Waals surface area contributed by atoms with E-state index in [1.54, 1.807) is 18.5 Å². The second kappa shape index (κ2) is 4.06. The molecule has 6 heteroatoms. The van der Waals surface area contributed by atoms with Gasteiger partial charge in [0.2, 0.25) is 0 Å². The van der Waals surface area contributed by atoms with E-state index in [-0.39, 0.29) is 0 Å². The van der Waals surface area contributed by atoms with Crippen LogP contribution in [0.15, 0.2) is 29.2 Å². The molecule has 1 N–H and O–H groups in total. The summed E-state index contributed by atoms with van der Waals surface area (Å²) in [4.78, 5) is 7.88. The van der Waals surface area contributed by atoms with Crippen LogP contribution in [0.3, 0.4) is 0 Å². The third-order valence-corrected chi connectivity index (χ3v) is 1.72. The van der Waals surface area contributed by atoms with Crippen LogP contribution in [-0.4, -0.2) is 15.1 Å². The molecule has 14 heavy (non-hydrogen) atoms. The van der Waals surface area contributed by atoms with Crippen LogP contribution in [0.4, 0.5) is 5.82 Å². The van der Waals surface area contributed by atoms with Gasteiger partial charge in [0.15, 0.2) is 5.76 Å². The summed E-state index contributed by atoms with van der Waals surface area (Å²) in [5.74, 6) is 1.33. The number of rotatable bonds is 3. The summed E-state index contributed by atoms with van der Waals surface area (Å²) in [7, 11) is 0. The highest BCUT2D eigenvalue weighted by Crippen LogP contribution is 2.08. The number of hydrogen-bond donors (Lipinski definition) is 1. The van der Waals surface area contributed by atoms with Crippen molar-refractivity contribution in [1.29, 1.82) is 0 Å². The van der Waals surface area contributed by atoms with Crippen molar-refractivity contribution in [1.82, 2.24) is 15.1 Å². The Labute approximate surface area is 85.1 Å². The fourth-order valence-corrected chi connectivity index (χ4v) is 1.09. The van der Waals surface area contributed by atoms with Gasteiger partial charge in [-0.15, -0.1) is 0 Å². The molecule has 0 bridgehead atoms. The number of anilines is 1. The van der Waals surface area contributed by atoms with E-state index < -0.39 is 0 Å². The number of nitrogens with one attached hydrogen (secondary N) is 1. The topological polar surface area (TPSA) is 63.8 Å². The predicted molar refractivity (Wildman–Crippen MR) is 50.9 cm³/mol. The van der Waals surface area contributed by atoms with Crippen molar-refractivity contribution in [3.63, 3.8) is 0 Å². The second-order valence-corrected chi connectivity index (χ2v) is 2.95. The van der Waals surface area contributed by atoms with Gasteiger partial charge in [0.25, 0.3) is 0 Å². The lowest BCUT2D eigenvalue weighted by Crippen LogP contribution is -2.00. The monoisotopic (exact) mass is 210 g/mol. The molecule has 0 fully saturated rings. The average Bonchev–Trinajstić information content (AvgIpc) is 2.67. The van der Waals surface area contributed by atoms with E-state index in [0.29, 0.717) is 17.5 Å². The van der Waals surface area contributed by atoms with E-state index in [1.165, 1.54) is 6.20 Å². The zero-order valence-electron chi connectivity index (χ0n) is 7.14. The first-order chi connectivity index (χ1) is 6.84. The number of nitrogens with zero attached hydrogens (tertiary/aromatic N) is 3. The lowest BCUT2D eigenvalue weighted by Gasteiger charge is -2.01. The third kappa shape index (κ3) is 2.20. The van der Waals surface area contributed by atoms with Crippen LogP contribution in [0, 0.1) is 0 Å². The maximum Gasteiger partial charge on any atom is 0.155 e. The molecule has 0 unspecified atom stereocenters. The van der Waals surface area contributed by atoms with E-state index in [4.69, 9.17) is 16.1 Å². The lowest BCUT2D eigenvalue weighted by molar-refractivity contribution is 0.388. The predicted octanol–water partition coefficient (Wildman–Crippen LogP) is 1.73. The lowest BCUT2D eigenvalue weighted by atomic mass is 10.4. The van der Waals surface area contributed by atoms with Gasteiger partial charge >= 0.3 is 0 Å². The molecule has 0 spiro atoms. The average molecular weight is 211 g/mol. The molecular weight excluding hydrogens is 204 g/mol. The van der Waals surface area contributed by atoms with Crippen LogP contribution in [-0.2, 0) is 6.54 Å². The maximum atomic E-state index is 5.66. The van der Waals surface area contributed by atoms with Crippen molar-refractivity contribution in [3.8, 4) is 0 Å². The summed E-state index contributed by atoms with van der Waals surface area (Å²) in [6.07, 6.45) is 4.64. The van der Waals surface area contributed by atoms with Crippen LogP contribution >= 0.6 is 11.6 Å². The molecule has 2 aromatic rings. The first kappa shape index (κ1) is 8.96. The van der Waals surface area contributed by atoms with Crippen LogP contribution in [0.25, 0.3) is 0 Å². The highest BCUT2D eigenvalue weighted by Gasteiger charge is 1.98.